The number of hydrogen-bond acceptors (Lipinski definition) is 4. The van der Waals surface area contributed by atoms with Crippen LogP contribution in [0.5, 0.6) is 5.75 Å². The molecule has 1 N–H and O–H groups in total. The SMILES string of the molecule is Cc1cccc2nc(-c3ccccc3)c(N=Nc3ccccc3O)n12. The fourth-order valence-electron chi connectivity index (χ4n) is 2.77. The summed E-state index contributed by atoms with van der Waals surface area (Å²) >= 11 is 0. The maximum atomic E-state index is 9.92. The number of phenols is 1. The van der Waals surface area contributed by atoms with E-state index in [1.165, 1.54) is 0 Å². The minimum atomic E-state index is 0.0954. The second-order valence-corrected chi connectivity index (χ2v) is 5.70. The van der Waals surface area contributed by atoms with Crippen LogP contribution in [0, 0.1) is 6.92 Å². The smallest absolute Gasteiger partial charge is 0.187 e. The predicted molar refractivity (Wildman–Crippen MR) is 97.6 cm³/mol. The summed E-state index contributed by atoms with van der Waals surface area (Å²) < 4.78 is 1.96. The van der Waals surface area contributed by atoms with Gasteiger partial charge in [-0.1, -0.05) is 48.5 Å². The Balaban J connectivity index is 1.93. The lowest BCUT2D eigenvalue weighted by atomic mass is 10.1. The largest absolute Gasteiger partial charge is 0.506 e. The monoisotopic (exact) mass is 328 g/mol. The topological polar surface area (TPSA) is 62.2 Å². The first-order chi connectivity index (χ1) is 12.2. The van der Waals surface area contributed by atoms with Crippen molar-refractivity contribution in [2.45, 2.75) is 6.92 Å². The van der Waals surface area contributed by atoms with E-state index >= 15 is 0 Å². The van der Waals surface area contributed by atoms with Crippen LogP contribution < -0.4 is 0 Å². The number of azo groups is 1. The molecule has 2 heterocycles. The highest BCUT2D eigenvalue weighted by Crippen LogP contribution is 2.34. The lowest BCUT2D eigenvalue weighted by molar-refractivity contribution is 0.476. The number of aromatic hydroxyl groups is 1. The molecule has 0 bridgehead atoms. The number of hydrogen-bond donors (Lipinski definition) is 1. The van der Waals surface area contributed by atoms with Gasteiger partial charge in [0.05, 0.1) is 0 Å². The molecule has 0 unspecified atom stereocenters. The zero-order valence-corrected chi connectivity index (χ0v) is 13.7. The first kappa shape index (κ1) is 15.1. The molecule has 2 aromatic carbocycles. The number of para-hydroxylation sites is 1. The van der Waals surface area contributed by atoms with Crippen LogP contribution in [-0.4, -0.2) is 14.5 Å². The van der Waals surface area contributed by atoms with Crippen molar-refractivity contribution in [1.82, 2.24) is 9.38 Å². The highest BCUT2D eigenvalue weighted by Gasteiger charge is 2.15. The van der Waals surface area contributed by atoms with Crippen LogP contribution >= 0.6 is 0 Å². The Morgan fingerprint density at radius 2 is 1.60 bits per heavy atom. The van der Waals surface area contributed by atoms with Crippen LogP contribution in [0.4, 0.5) is 11.5 Å². The molecule has 0 amide bonds. The molecule has 2 aromatic heterocycles. The average molecular weight is 328 g/mol. The van der Waals surface area contributed by atoms with Gasteiger partial charge < -0.3 is 5.11 Å². The summed E-state index contributed by atoms with van der Waals surface area (Å²) in [5, 5.41) is 18.6. The molecule has 0 saturated heterocycles. The molecule has 5 nitrogen and oxygen atoms in total. The number of aromatic nitrogens is 2. The average Bonchev–Trinajstić information content (AvgIpc) is 3.02. The zero-order valence-electron chi connectivity index (χ0n) is 13.7. The predicted octanol–water partition coefficient (Wildman–Crippen LogP) is 5.43. The summed E-state index contributed by atoms with van der Waals surface area (Å²) in [4.78, 5) is 4.73. The van der Waals surface area contributed by atoms with Gasteiger partial charge in [0.2, 0.25) is 0 Å². The summed E-state index contributed by atoms with van der Waals surface area (Å²) in [6.07, 6.45) is 0. The number of nitrogens with zero attached hydrogens (tertiary/aromatic N) is 4. The Labute approximate surface area is 144 Å². The van der Waals surface area contributed by atoms with Crippen molar-refractivity contribution >= 4 is 17.2 Å². The van der Waals surface area contributed by atoms with E-state index in [1.807, 2.05) is 65.9 Å². The third-order valence-corrected chi connectivity index (χ3v) is 4.00. The second kappa shape index (κ2) is 6.20. The highest BCUT2D eigenvalue weighted by atomic mass is 16.3. The minimum Gasteiger partial charge on any atom is -0.506 e. The van der Waals surface area contributed by atoms with Gasteiger partial charge >= 0.3 is 0 Å². The number of aryl methyl sites for hydroxylation is 1. The van der Waals surface area contributed by atoms with Crippen LogP contribution in [0.1, 0.15) is 5.69 Å². The first-order valence-corrected chi connectivity index (χ1v) is 7.97. The van der Waals surface area contributed by atoms with Crippen LogP contribution in [0.25, 0.3) is 16.9 Å². The van der Waals surface area contributed by atoms with Gasteiger partial charge in [-0.05, 0) is 31.2 Å². The molecular weight excluding hydrogens is 312 g/mol. The van der Waals surface area contributed by atoms with Crippen LogP contribution in [-0.2, 0) is 0 Å². The van der Waals surface area contributed by atoms with Crippen LogP contribution in [0.2, 0.25) is 0 Å². The molecule has 4 aromatic rings. The molecule has 0 saturated carbocycles. The third-order valence-electron chi connectivity index (χ3n) is 4.00. The summed E-state index contributed by atoms with van der Waals surface area (Å²) in [5.74, 6) is 0.737. The number of phenolic OH excluding ortho intramolecular Hbond substituents is 1. The second-order valence-electron chi connectivity index (χ2n) is 5.70. The zero-order chi connectivity index (χ0) is 17.2. The van der Waals surface area contributed by atoms with Gasteiger partial charge in [-0.25, -0.2) is 4.98 Å². The van der Waals surface area contributed by atoms with E-state index < -0.39 is 0 Å². The lowest BCUT2D eigenvalue weighted by Crippen LogP contribution is -1.89. The van der Waals surface area contributed by atoms with Gasteiger partial charge in [0.15, 0.2) is 5.82 Å². The van der Waals surface area contributed by atoms with Crippen molar-refractivity contribution in [2.24, 2.45) is 10.2 Å². The van der Waals surface area contributed by atoms with Crippen LogP contribution in [0.15, 0.2) is 83.0 Å². The van der Waals surface area contributed by atoms with Crippen LogP contribution in [0.3, 0.4) is 0 Å². The first-order valence-electron chi connectivity index (χ1n) is 7.97. The molecule has 0 fully saturated rings. The summed E-state index contributed by atoms with van der Waals surface area (Å²) in [6.45, 7) is 2.00. The Hall–Kier alpha value is -3.47. The maximum Gasteiger partial charge on any atom is 0.187 e. The van der Waals surface area contributed by atoms with Gasteiger partial charge in [-0.3, -0.25) is 4.40 Å². The number of pyridine rings is 1. The van der Waals surface area contributed by atoms with E-state index in [1.54, 1.807) is 18.2 Å². The fourth-order valence-corrected chi connectivity index (χ4v) is 2.77. The Morgan fingerprint density at radius 3 is 2.40 bits per heavy atom. The van der Waals surface area contributed by atoms with Crippen molar-refractivity contribution < 1.29 is 5.11 Å². The third kappa shape index (κ3) is 2.76. The Morgan fingerprint density at radius 1 is 0.840 bits per heavy atom. The molecule has 4 rings (SSSR count). The van der Waals surface area contributed by atoms with Crippen molar-refractivity contribution in [3.8, 4) is 17.0 Å². The molecule has 0 radical (unpaired) electrons. The fraction of sp³-hybridized carbons (Fsp3) is 0.0500. The van der Waals surface area contributed by atoms with Gasteiger partial charge in [-0.2, -0.15) is 0 Å². The van der Waals surface area contributed by atoms with Crippen molar-refractivity contribution in [3.05, 3.63) is 78.5 Å². The molecule has 5 heteroatoms. The summed E-state index contributed by atoms with van der Waals surface area (Å²) in [5.41, 5.74) is 3.97. The Bertz CT molecular complexity index is 1070. The maximum absolute atomic E-state index is 9.92. The lowest BCUT2D eigenvalue weighted by Gasteiger charge is -2.02. The molecule has 0 aliphatic carbocycles. The Kier molecular flexibility index (Phi) is 3.74. The highest BCUT2D eigenvalue weighted by molar-refractivity contribution is 5.74. The molecule has 0 spiro atoms. The molecule has 0 atom stereocenters. The van der Waals surface area contributed by atoms with Crippen molar-refractivity contribution in [3.63, 3.8) is 0 Å². The van der Waals surface area contributed by atoms with E-state index in [0.717, 1.165) is 22.6 Å². The quantitative estimate of drug-likeness (QED) is 0.510. The van der Waals surface area contributed by atoms with E-state index in [2.05, 4.69) is 10.2 Å². The standard InChI is InChI=1S/C20H16N4O/c1-14-8-7-13-18-21-19(15-9-3-2-4-10-15)20(24(14)18)23-22-16-11-5-6-12-17(16)25/h2-13,25H,1H3. The minimum absolute atomic E-state index is 0.0954. The summed E-state index contributed by atoms with van der Waals surface area (Å²) in [7, 11) is 0. The molecular formula is C20H16N4O. The van der Waals surface area contributed by atoms with Gasteiger partial charge in [-0.15, -0.1) is 10.2 Å². The number of imidazole rings is 1. The summed E-state index contributed by atoms with van der Waals surface area (Å²) in [6, 6.07) is 22.7. The number of rotatable bonds is 3. The molecule has 25 heavy (non-hydrogen) atoms. The van der Waals surface area contributed by atoms with Crippen molar-refractivity contribution in [1.29, 1.82) is 0 Å². The van der Waals surface area contributed by atoms with E-state index in [0.29, 0.717) is 11.5 Å². The van der Waals surface area contributed by atoms with Gasteiger partial charge in [0, 0.05) is 11.3 Å². The number of fused-ring (bicyclic) bond motifs is 1. The van der Waals surface area contributed by atoms with E-state index in [9.17, 15) is 5.11 Å². The van der Waals surface area contributed by atoms with Gasteiger partial charge in [0.1, 0.15) is 22.8 Å². The molecule has 0 aliphatic heterocycles. The number of benzene rings is 2. The molecule has 122 valence electrons. The van der Waals surface area contributed by atoms with E-state index in [4.69, 9.17) is 4.98 Å². The molecule has 0 aliphatic rings. The normalized spacial score (nSPS) is 11.4. The van der Waals surface area contributed by atoms with Gasteiger partial charge in [0.25, 0.3) is 0 Å². The van der Waals surface area contributed by atoms with E-state index in [-0.39, 0.29) is 5.75 Å². The van der Waals surface area contributed by atoms with Crippen molar-refractivity contribution in [2.75, 3.05) is 0 Å².